The number of aliphatic hydroxyl groups excluding tert-OH is 2. The normalized spacial score (nSPS) is 14.0. The van der Waals surface area contributed by atoms with Crippen molar-refractivity contribution in [2.45, 2.75) is 19.1 Å². The highest BCUT2D eigenvalue weighted by Crippen LogP contribution is 2.19. The number of hydrogen-bond donors (Lipinski definition) is 2. The first kappa shape index (κ1) is 11.4. The van der Waals surface area contributed by atoms with Crippen LogP contribution in [0.3, 0.4) is 0 Å². The van der Waals surface area contributed by atoms with Crippen LogP contribution < -0.4 is 0 Å². The van der Waals surface area contributed by atoms with Crippen LogP contribution in [-0.2, 0) is 0 Å². The van der Waals surface area contributed by atoms with Crippen molar-refractivity contribution in [1.29, 1.82) is 5.26 Å². The average Bonchev–Trinajstić information content (AvgIpc) is 2.26. The third-order valence-electron chi connectivity index (χ3n) is 2.03. The van der Waals surface area contributed by atoms with Gasteiger partial charge in [0.25, 0.3) is 0 Å². The first-order valence-corrected chi connectivity index (χ1v) is 4.41. The fraction of sp³-hybridized carbons (Fsp3) is 0.273. The molecule has 0 aliphatic rings. The molecule has 0 spiro atoms. The monoisotopic (exact) mass is 205 g/mol. The maximum atomic E-state index is 10.6. The highest BCUT2D eigenvalue weighted by Gasteiger charge is 2.18. The van der Waals surface area contributed by atoms with Crippen molar-refractivity contribution in [3.8, 4) is 6.07 Å². The largest absolute Gasteiger partial charge is 0.385 e. The van der Waals surface area contributed by atoms with Gasteiger partial charge in [-0.25, -0.2) is 0 Å². The number of aliphatic hydroxyl groups is 2. The van der Waals surface area contributed by atoms with Gasteiger partial charge in [0.05, 0.1) is 6.07 Å². The van der Waals surface area contributed by atoms with Crippen LogP contribution in [0.2, 0.25) is 0 Å². The fourth-order valence-corrected chi connectivity index (χ4v) is 1.33. The molecule has 0 saturated heterocycles. The van der Waals surface area contributed by atoms with E-state index in [1.54, 1.807) is 19.1 Å². The highest BCUT2D eigenvalue weighted by atomic mass is 16.3. The third-order valence-corrected chi connectivity index (χ3v) is 2.03. The Morgan fingerprint density at radius 1 is 1.40 bits per heavy atom. The molecule has 1 aromatic rings. The molecule has 0 aliphatic carbocycles. The Bertz CT molecular complexity index is 409. The van der Waals surface area contributed by atoms with Crippen LogP contribution >= 0.6 is 0 Å². The van der Waals surface area contributed by atoms with E-state index < -0.39 is 12.2 Å². The Hall–Kier alpha value is -1.70. The van der Waals surface area contributed by atoms with E-state index in [1.165, 1.54) is 12.1 Å². The van der Waals surface area contributed by atoms with Crippen LogP contribution in [0.5, 0.6) is 0 Å². The molecule has 4 nitrogen and oxygen atoms in total. The summed E-state index contributed by atoms with van der Waals surface area (Å²) >= 11 is 0. The second kappa shape index (κ2) is 4.69. The molecule has 0 saturated carbocycles. The summed E-state index contributed by atoms with van der Waals surface area (Å²) in [6, 6.07) is 6.26. The average molecular weight is 205 g/mol. The van der Waals surface area contributed by atoms with E-state index in [9.17, 15) is 9.90 Å². The Morgan fingerprint density at radius 2 is 2.07 bits per heavy atom. The number of aldehydes is 1. The van der Waals surface area contributed by atoms with Gasteiger partial charge in [0.1, 0.15) is 12.4 Å². The van der Waals surface area contributed by atoms with E-state index in [1.807, 2.05) is 0 Å². The van der Waals surface area contributed by atoms with Crippen molar-refractivity contribution in [1.82, 2.24) is 0 Å². The van der Waals surface area contributed by atoms with Crippen LogP contribution in [0.4, 0.5) is 0 Å². The minimum atomic E-state index is -1.48. The lowest BCUT2D eigenvalue weighted by Gasteiger charge is -2.13. The third kappa shape index (κ3) is 2.62. The molecule has 1 aromatic carbocycles. The molecule has 0 aromatic heterocycles. The molecule has 2 unspecified atom stereocenters. The summed E-state index contributed by atoms with van der Waals surface area (Å²) in [6.45, 7) is 1.77. The molecule has 4 heteroatoms. The zero-order chi connectivity index (χ0) is 11.4. The summed E-state index contributed by atoms with van der Waals surface area (Å²) < 4.78 is 0. The quantitative estimate of drug-likeness (QED) is 0.563. The number of rotatable bonds is 3. The molecule has 0 fully saturated rings. The summed E-state index contributed by atoms with van der Waals surface area (Å²) in [7, 11) is 0. The van der Waals surface area contributed by atoms with Crippen molar-refractivity contribution in [3.05, 3.63) is 34.9 Å². The number of aryl methyl sites for hydroxylation is 1. The van der Waals surface area contributed by atoms with Crippen molar-refractivity contribution >= 4 is 6.29 Å². The van der Waals surface area contributed by atoms with Crippen molar-refractivity contribution in [2.24, 2.45) is 0 Å². The SMILES string of the molecule is Cc1cc(C=O)cc(C(O)C(O)C#N)c1. The van der Waals surface area contributed by atoms with Crippen molar-refractivity contribution in [2.75, 3.05) is 0 Å². The van der Waals surface area contributed by atoms with E-state index in [0.29, 0.717) is 17.4 Å². The number of nitriles is 1. The number of hydrogen-bond acceptors (Lipinski definition) is 4. The number of benzene rings is 1. The summed E-state index contributed by atoms with van der Waals surface area (Å²) in [6.07, 6.45) is -2.11. The minimum absolute atomic E-state index is 0.367. The van der Waals surface area contributed by atoms with Crippen LogP contribution in [0.1, 0.15) is 27.6 Å². The Balaban J connectivity index is 3.09. The van der Waals surface area contributed by atoms with Gasteiger partial charge in [-0.1, -0.05) is 11.6 Å². The molecule has 0 amide bonds. The maximum Gasteiger partial charge on any atom is 0.170 e. The van der Waals surface area contributed by atoms with E-state index in [-0.39, 0.29) is 0 Å². The number of nitrogens with zero attached hydrogens (tertiary/aromatic N) is 1. The highest BCUT2D eigenvalue weighted by molar-refractivity contribution is 5.75. The number of carbonyl (C=O) groups excluding carboxylic acids is 1. The molecular weight excluding hydrogens is 194 g/mol. The zero-order valence-corrected chi connectivity index (χ0v) is 8.21. The van der Waals surface area contributed by atoms with Gasteiger partial charge >= 0.3 is 0 Å². The van der Waals surface area contributed by atoms with Crippen molar-refractivity contribution < 1.29 is 15.0 Å². The van der Waals surface area contributed by atoms with Crippen LogP contribution in [-0.4, -0.2) is 22.6 Å². The molecule has 78 valence electrons. The predicted molar refractivity (Wildman–Crippen MR) is 53.1 cm³/mol. The standard InChI is InChI=1S/C11H11NO3/c1-7-2-8(6-13)4-9(3-7)11(15)10(14)5-12/h2-4,6,10-11,14-15H,1H3. The molecule has 15 heavy (non-hydrogen) atoms. The summed E-state index contributed by atoms with van der Waals surface area (Å²) in [5, 5.41) is 27.1. The lowest BCUT2D eigenvalue weighted by Crippen LogP contribution is -2.16. The lowest BCUT2D eigenvalue weighted by atomic mass is 10.0. The van der Waals surface area contributed by atoms with Gasteiger partial charge in [-0.3, -0.25) is 4.79 Å². The molecular formula is C11H11NO3. The molecule has 2 N–H and O–H groups in total. The minimum Gasteiger partial charge on any atom is -0.385 e. The van der Waals surface area contributed by atoms with Gasteiger partial charge in [0.2, 0.25) is 0 Å². The van der Waals surface area contributed by atoms with Crippen LogP contribution in [0.25, 0.3) is 0 Å². The molecule has 1 rings (SSSR count). The van der Waals surface area contributed by atoms with Gasteiger partial charge in [0, 0.05) is 5.56 Å². The molecule has 0 aliphatic heterocycles. The second-order valence-corrected chi connectivity index (χ2v) is 3.31. The lowest BCUT2D eigenvalue weighted by molar-refractivity contribution is 0.0527. The number of carbonyl (C=O) groups is 1. The van der Waals surface area contributed by atoms with E-state index in [4.69, 9.17) is 10.4 Å². The van der Waals surface area contributed by atoms with E-state index in [2.05, 4.69) is 0 Å². The fourth-order valence-electron chi connectivity index (χ4n) is 1.33. The Labute approximate surface area is 87.4 Å². The Morgan fingerprint density at radius 3 is 2.60 bits per heavy atom. The van der Waals surface area contributed by atoms with Gasteiger partial charge in [-0.15, -0.1) is 0 Å². The van der Waals surface area contributed by atoms with Crippen molar-refractivity contribution in [3.63, 3.8) is 0 Å². The van der Waals surface area contributed by atoms with Gasteiger partial charge in [0.15, 0.2) is 6.10 Å². The summed E-state index contributed by atoms with van der Waals surface area (Å²) in [5.74, 6) is 0. The van der Waals surface area contributed by atoms with Gasteiger partial charge < -0.3 is 10.2 Å². The molecule has 0 radical (unpaired) electrons. The molecule has 0 bridgehead atoms. The topological polar surface area (TPSA) is 81.3 Å². The predicted octanol–water partition coefficient (Wildman–Crippen LogP) is 0.725. The molecule has 2 atom stereocenters. The van der Waals surface area contributed by atoms with Gasteiger partial charge in [-0.2, -0.15) is 5.26 Å². The molecule has 0 heterocycles. The maximum absolute atomic E-state index is 10.6. The second-order valence-electron chi connectivity index (χ2n) is 3.31. The van der Waals surface area contributed by atoms with Crippen LogP contribution in [0.15, 0.2) is 18.2 Å². The van der Waals surface area contributed by atoms with Gasteiger partial charge in [-0.05, 0) is 24.6 Å². The summed E-state index contributed by atoms with van der Waals surface area (Å²) in [4.78, 5) is 10.6. The van der Waals surface area contributed by atoms with E-state index in [0.717, 1.165) is 5.56 Å². The smallest absolute Gasteiger partial charge is 0.170 e. The Kier molecular flexibility index (Phi) is 3.56. The van der Waals surface area contributed by atoms with Crippen LogP contribution in [0, 0.1) is 18.3 Å². The zero-order valence-electron chi connectivity index (χ0n) is 8.21. The first-order valence-electron chi connectivity index (χ1n) is 4.41. The van der Waals surface area contributed by atoms with E-state index >= 15 is 0 Å². The first-order chi connectivity index (χ1) is 7.08. The summed E-state index contributed by atoms with van der Waals surface area (Å²) in [5.41, 5.74) is 1.57.